The van der Waals surface area contributed by atoms with Gasteiger partial charge in [0.25, 0.3) is 0 Å². The van der Waals surface area contributed by atoms with Crippen molar-refractivity contribution >= 4 is 11.8 Å². The molecule has 46 heavy (non-hydrogen) atoms. The average Bonchev–Trinajstić information content (AvgIpc) is 2.99. The SMILES string of the molecule is CC[C@H]1OC(=O)CC(O)[C@H](C)[C@@H](O[C@@H]2O[C@H](C)C[C@H](N(C)C)[C@H]2O)[C@@H](CCN(CCO)CCO)C[C@@H](C)C(=O)/C=C/C(C)=C/[C@@H]1C. The smallest absolute Gasteiger partial charge is 0.308 e. The Morgan fingerprint density at radius 1 is 0.978 bits per heavy atom. The van der Waals surface area contributed by atoms with Gasteiger partial charge in [-0.2, -0.15) is 0 Å². The molecule has 2 heterocycles. The number of nitrogens with zero attached hydrogens (tertiary/aromatic N) is 2. The summed E-state index contributed by atoms with van der Waals surface area (Å²) in [4.78, 5) is 30.5. The van der Waals surface area contributed by atoms with Gasteiger partial charge in [0.05, 0.1) is 37.9 Å². The van der Waals surface area contributed by atoms with Gasteiger partial charge in [-0.3, -0.25) is 14.5 Å². The van der Waals surface area contributed by atoms with Gasteiger partial charge in [-0.1, -0.05) is 45.4 Å². The molecule has 2 aliphatic rings. The van der Waals surface area contributed by atoms with Crippen LogP contribution < -0.4 is 0 Å². The Morgan fingerprint density at radius 3 is 2.22 bits per heavy atom. The number of esters is 1. The quantitative estimate of drug-likeness (QED) is 0.244. The lowest BCUT2D eigenvalue weighted by Gasteiger charge is -2.44. The van der Waals surface area contributed by atoms with Crippen LogP contribution in [0, 0.1) is 23.7 Å². The number of ketones is 1. The summed E-state index contributed by atoms with van der Waals surface area (Å²) in [6.45, 7) is 12.5. The number of aliphatic hydroxyl groups is 4. The maximum atomic E-state index is 13.4. The normalized spacial score (nSPS) is 37.6. The van der Waals surface area contributed by atoms with Crippen LogP contribution in [0.15, 0.2) is 23.8 Å². The Morgan fingerprint density at radius 2 is 1.63 bits per heavy atom. The second-order valence-electron chi connectivity index (χ2n) is 13.7. The first-order valence-corrected chi connectivity index (χ1v) is 17.1. The highest BCUT2D eigenvalue weighted by Crippen LogP contribution is 2.34. The van der Waals surface area contributed by atoms with Crippen molar-refractivity contribution in [1.29, 1.82) is 0 Å². The Hall–Kier alpha value is -1.70. The molecule has 0 spiro atoms. The van der Waals surface area contributed by atoms with E-state index in [1.807, 2.05) is 71.5 Å². The van der Waals surface area contributed by atoms with Crippen LogP contribution in [0.2, 0.25) is 0 Å². The van der Waals surface area contributed by atoms with E-state index in [-0.39, 0.29) is 55.5 Å². The molecule has 4 N–H and O–H groups in total. The number of allylic oxidation sites excluding steroid dienone is 3. The van der Waals surface area contributed by atoms with E-state index in [1.165, 1.54) is 0 Å². The lowest BCUT2D eigenvalue weighted by atomic mass is 9.79. The van der Waals surface area contributed by atoms with E-state index in [9.17, 15) is 30.0 Å². The van der Waals surface area contributed by atoms with Crippen molar-refractivity contribution in [3.63, 3.8) is 0 Å². The van der Waals surface area contributed by atoms with Crippen LogP contribution in [0.3, 0.4) is 0 Å². The van der Waals surface area contributed by atoms with Crippen molar-refractivity contribution in [1.82, 2.24) is 9.80 Å². The Balaban J connectivity index is 2.57. The van der Waals surface area contributed by atoms with Crippen LogP contribution in [-0.2, 0) is 23.8 Å². The van der Waals surface area contributed by atoms with Crippen molar-refractivity contribution in [3.05, 3.63) is 23.8 Å². The van der Waals surface area contributed by atoms with Gasteiger partial charge in [0.15, 0.2) is 12.1 Å². The number of hydrogen-bond acceptors (Lipinski definition) is 11. The largest absolute Gasteiger partial charge is 0.462 e. The Kier molecular flexibility index (Phi) is 17.6. The first-order valence-electron chi connectivity index (χ1n) is 17.1. The van der Waals surface area contributed by atoms with Gasteiger partial charge in [0.2, 0.25) is 0 Å². The molecule has 266 valence electrons. The third kappa shape index (κ3) is 12.4. The summed E-state index contributed by atoms with van der Waals surface area (Å²) >= 11 is 0. The predicted molar refractivity (Wildman–Crippen MR) is 177 cm³/mol. The van der Waals surface area contributed by atoms with Gasteiger partial charge in [-0.25, -0.2) is 0 Å². The van der Waals surface area contributed by atoms with Crippen LogP contribution in [0.25, 0.3) is 0 Å². The van der Waals surface area contributed by atoms with E-state index < -0.39 is 42.4 Å². The molecule has 1 saturated heterocycles. The first kappa shape index (κ1) is 40.5. The minimum absolute atomic E-state index is 0.0410. The van der Waals surface area contributed by atoms with Crippen LogP contribution in [0.4, 0.5) is 0 Å². The standard InChI is InChI=1S/C35H62N2O9/c1-9-31-24(4)18-22(2)10-11-29(40)23(3)19-27(12-13-37(14-16-38)15-17-39)34(26(6)30(41)21-32(42)45-31)46-35-33(43)28(36(7)8)20-25(5)44-35/h10-11,18,23-28,30-31,33-35,38-39,41,43H,9,12-17,19-21H2,1-8H3/b11-10+,22-18+/t23-,24+,25-,26+,27+,28+,30?,31-,33-,34-,35+/m1/s1. The van der Waals surface area contributed by atoms with Crippen molar-refractivity contribution < 1.29 is 44.2 Å². The average molecular weight is 655 g/mol. The summed E-state index contributed by atoms with van der Waals surface area (Å²) in [6, 6.07) is -0.215. The molecule has 0 bridgehead atoms. The van der Waals surface area contributed by atoms with Crippen LogP contribution in [0.5, 0.6) is 0 Å². The molecule has 11 nitrogen and oxygen atoms in total. The Bertz CT molecular complexity index is 983. The van der Waals surface area contributed by atoms with Gasteiger partial charge in [0, 0.05) is 36.9 Å². The van der Waals surface area contributed by atoms with Gasteiger partial charge >= 0.3 is 5.97 Å². The number of likely N-dealkylation sites (N-methyl/N-ethyl adjacent to an activating group) is 1. The van der Waals surface area contributed by atoms with Crippen molar-refractivity contribution in [2.24, 2.45) is 23.7 Å². The number of ether oxygens (including phenoxy) is 3. The third-order valence-electron chi connectivity index (χ3n) is 9.63. The number of rotatable bonds is 11. The summed E-state index contributed by atoms with van der Waals surface area (Å²) in [6.07, 6.45) is 2.89. The zero-order valence-electron chi connectivity index (χ0n) is 29.4. The summed E-state index contributed by atoms with van der Waals surface area (Å²) in [7, 11) is 3.80. The maximum Gasteiger partial charge on any atom is 0.308 e. The van der Waals surface area contributed by atoms with E-state index in [0.29, 0.717) is 45.3 Å². The minimum atomic E-state index is -1.13. The summed E-state index contributed by atoms with van der Waals surface area (Å²) in [5.74, 6) is -1.94. The zero-order chi connectivity index (χ0) is 34.6. The fraction of sp³-hybridized carbons (Fsp3) is 0.829. The molecule has 0 saturated carbocycles. The van der Waals surface area contributed by atoms with Gasteiger partial charge < -0.3 is 39.5 Å². The molecule has 2 rings (SSSR count). The van der Waals surface area contributed by atoms with E-state index >= 15 is 0 Å². The molecule has 2 aliphatic heterocycles. The fourth-order valence-corrected chi connectivity index (χ4v) is 6.74. The molecule has 0 aromatic heterocycles. The second kappa shape index (κ2) is 20.0. The molecule has 0 amide bonds. The van der Waals surface area contributed by atoms with Gasteiger partial charge in [-0.05, 0) is 72.2 Å². The van der Waals surface area contributed by atoms with Crippen molar-refractivity contribution in [2.45, 2.75) is 116 Å². The minimum Gasteiger partial charge on any atom is -0.462 e. The molecule has 0 aromatic rings. The molecular formula is C35H62N2O9. The van der Waals surface area contributed by atoms with Crippen LogP contribution in [0.1, 0.15) is 73.6 Å². The van der Waals surface area contributed by atoms with E-state index in [1.54, 1.807) is 12.2 Å². The molecule has 0 aliphatic carbocycles. The highest BCUT2D eigenvalue weighted by Gasteiger charge is 2.43. The molecule has 1 unspecified atom stereocenters. The number of cyclic esters (lactones) is 1. The van der Waals surface area contributed by atoms with Crippen LogP contribution in [-0.4, -0.2) is 132 Å². The molecule has 0 radical (unpaired) electrons. The lowest BCUT2D eigenvalue weighted by Crippen LogP contribution is -2.56. The van der Waals surface area contributed by atoms with E-state index in [0.717, 1.165) is 5.57 Å². The van der Waals surface area contributed by atoms with E-state index in [4.69, 9.17) is 14.2 Å². The fourth-order valence-electron chi connectivity index (χ4n) is 6.74. The number of hydrogen-bond donors (Lipinski definition) is 4. The monoisotopic (exact) mass is 654 g/mol. The summed E-state index contributed by atoms with van der Waals surface area (Å²) < 4.78 is 18.7. The van der Waals surface area contributed by atoms with Gasteiger partial charge in [-0.15, -0.1) is 0 Å². The first-order chi connectivity index (χ1) is 21.7. The number of carbonyl (C=O) groups excluding carboxylic acids is 2. The second-order valence-corrected chi connectivity index (χ2v) is 13.7. The number of carbonyl (C=O) groups is 2. The highest BCUT2D eigenvalue weighted by atomic mass is 16.7. The van der Waals surface area contributed by atoms with E-state index in [2.05, 4.69) is 0 Å². The predicted octanol–water partition coefficient (Wildman–Crippen LogP) is 2.55. The topological polar surface area (TPSA) is 149 Å². The molecule has 1 fully saturated rings. The van der Waals surface area contributed by atoms with Crippen molar-refractivity contribution in [2.75, 3.05) is 46.9 Å². The summed E-state index contributed by atoms with van der Waals surface area (Å²) in [5.41, 5.74) is 0.887. The lowest BCUT2D eigenvalue weighted by molar-refractivity contribution is -0.283. The zero-order valence-corrected chi connectivity index (χ0v) is 29.4. The number of aliphatic hydroxyl groups excluding tert-OH is 4. The Labute approximate surface area is 276 Å². The molecular weight excluding hydrogens is 592 g/mol. The summed E-state index contributed by atoms with van der Waals surface area (Å²) in [5, 5.41) is 42.1. The van der Waals surface area contributed by atoms with Crippen molar-refractivity contribution in [3.8, 4) is 0 Å². The molecule has 11 heteroatoms. The third-order valence-corrected chi connectivity index (χ3v) is 9.63. The van der Waals surface area contributed by atoms with Gasteiger partial charge in [0.1, 0.15) is 12.2 Å². The molecule has 11 atom stereocenters. The maximum absolute atomic E-state index is 13.4. The highest BCUT2D eigenvalue weighted by molar-refractivity contribution is 5.91. The van der Waals surface area contributed by atoms with Crippen LogP contribution >= 0.6 is 0 Å². The molecule has 0 aromatic carbocycles.